The predicted octanol–water partition coefficient (Wildman–Crippen LogP) is 19.1. The summed E-state index contributed by atoms with van der Waals surface area (Å²) in [5.74, 6) is -0.980. The molecule has 69 heavy (non-hydrogen) atoms. The molecule has 1 atom stereocenters. The minimum atomic E-state index is -0.811. The molecule has 0 heterocycles. The molecule has 0 saturated carbocycles. The van der Waals surface area contributed by atoms with E-state index in [1.54, 1.807) is 0 Å². The lowest BCUT2D eigenvalue weighted by atomic mass is 10.1. The molecule has 0 aliphatic heterocycles. The van der Waals surface area contributed by atoms with Crippen molar-refractivity contribution in [3.8, 4) is 0 Å². The summed E-state index contributed by atoms with van der Waals surface area (Å²) in [4.78, 5) is 38.1. The topological polar surface area (TPSA) is 78.9 Å². The van der Waals surface area contributed by atoms with Crippen LogP contribution >= 0.6 is 0 Å². The fraction of sp³-hybridized carbons (Fsp3) is 0.667. The van der Waals surface area contributed by atoms with Crippen molar-refractivity contribution in [2.45, 2.75) is 258 Å². The SMILES string of the molecule is CC/C=C/C/C=C/C/C=C/C/C=C/C/C=C/CCCC(=O)OC[C@@H](COC(=O)CCCCCCCCC/C=C/C/C=C/CCCCC)OC(=O)CCCCCCCCC/C=C/C/C=C/CCCCC. The molecular weight excluding hydrogens is 853 g/mol. The maximum absolute atomic E-state index is 12.9. The first-order valence-corrected chi connectivity index (χ1v) is 28.4. The number of carbonyl (C=O) groups excluding carboxylic acids is 3. The first kappa shape index (κ1) is 65.1. The van der Waals surface area contributed by atoms with Crippen LogP contribution in [0.25, 0.3) is 0 Å². The van der Waals surface area contributed by atoms with E-state index < -0.39 is 6.10 Å². The van der Waals surface area contributed by atoms with Crippen LogP contribution in [0.2, 0.25) is 0 Å². The van der Waals surface area contributed by atoms with Crippen molar-refractivity contribution in [2.24, 2.45) is 0 Å². The third-order valence-electron chi connectivity index (χ3n) is 11.7. The molecule has 0 radical (unpaired) electrons. The zero-order valence-electron chi connectivity index (χ0n) is 44.8. The summed E-state index contributed by atoms with van der Waals surface area (Å²) in [5, 5.41) is 0. The zero-order chi connectivity index (χ0) is 50.0. The van der Waals surface area contributed by atoms with Gasteiger partial charge >= 0.3 is 17.9 Å². The molecule has 0 unspecified atom stereocenters. The smallest absolute Gasteiger partial charge is 0.306 e. The highest BCUT2D eigenvalue weighted by atomic mass is 16.6. The normalized spacial score (nSPS) is 12.9. The van der Waals surface area contributed by atoms with Gasteiger partial charge in [-0.15, -0.1) is 0 Å². The molecule has 6 nitrogen and oxygen atoms in total. The molecule has 392 valence electrons. The Balaban J connectivity index is 4.51. The van der Waals surface area contributed by atoms with Gasteiger partial charge in [0.25, 0.3) is 0 Å². The number of ether oxygens (including phenoxy) is 3. The summed E-state index contributed by atoms with van der Waals surface area (Å²) in [6, 6.07) is 0. The Kier molecular flexibility index (Phi) is 53.4. The van der Waals surface area contributed by atoms with Gasteiger partial charge in [0.15, 0.2) is 6.10 Å². The highest BCUT2D eigenvalue weighted by Crippen LogP contribution is 2.14. The Morgan fingerprint density at radius 3 is 0.942 bits per heavy atom. The van der Waals surface area contributed by atoms with E-state index in [-0.39, 0.29) is 37.5 Å². The van der Waals surface area contributed by atoms with Crippen molar-refractivity contribution >= 4 is 17.9 Å². The van der Waals surface area contributed by atoms with Crippen molar-refractivity contribution in [3.63, 3.8) is 0 Å². The Hall–Kier alpha value is -3.93. The van der Waals surface area contributed by atoms with Crippen LogP contribution in [0.5, 0.6) is 0 Å². The first-order chi connectivity index (χ1) is 34.0. The maximum Gasteiger partial charge on any atom is 0.306 e. The van der Waals surface area contributed by atoms with Crippen molar-refractivity contribution in [1.82, 2.24) is 0 Å². The molecule has 0 rings (SSSR count). The first-order valence-electron chi connectivity index (χ1n) is 28.4. The lowest BCUT2D eigenvalue weighted by Gasteiger charge is -2.18. The van der Waals surface area contributed by atoms with E-state index in [0.29, 0.717) is 19.3 Å². The minimum absolute atomic E-state index is 0.105. The van der Waals surface area contributed by atoms with E-state index >= 15 is 0 Å². The molecule has 0 aromatic carbocycles. The fourth-order valence-electron chi connectivity index (χ4n) is 7.48. The summed E-state index contributed by atoms with van der Waals surface area (Å²) < 4.78 is 16.8. The summed E-state index contributed by atoms with van der Waals surface area (Å²) >= 11 is 0. The molecule has 0 aromatic heterocycles. The summed E-state index contributed by atoms with van der Waals surface area (Å²) in [5.41, 5.74) is 0. The van der Waals surface area contributed by atoms with Crippen molar-refractivity contribution in [2.75, 3.05) is 13.2 Å². The van der Waals surface area contributed by atoms with Gasteiger partial charge in [-0.25, -0.2) is 0 Å². The molecule has 0 saturated heterocycles. The summed E-state index contributed by atoms with van der Waals surface area (Å²) in [6.45, 7) is 6.41. The zero-order valence-corrected chi connectivity index (χ0v) is 44.8. The van der Waals surface area contributed by atoms with Crippen LogP contribution in [-0.2, 0) is 28.6 Å². The van der Waals surface area contributed by atoms with E-state index in [4.69, 9.17) is 14.2 Å². The average molecular weight is 958 g/mol. The predicted molar refractivity (Wildman–Crippen MR) is 297 cm³/mol. The Labute approximate surface area is 425 Å². The Morgan fingerprint density at radius 1 is 0.304 bits per heavy atom. The van der Waals surface area contributed by atoms with Crippen LogP contribution in [-0.4, -0.2) is 37.2 Å². The number of esters is 3. The van der Waals surface area contributed by atoms with Gasteiger partial charge in [0, 0.05) is 19.3 Å². The van der Waals surface area contributed by atoms with Crippen LogP contribution in [0, 0.1) is 0 Å². The number of unbranched alkanes of at least 4 members (excludes halogenated alkanes) is 21. The fourth-order valence-corrected chi connectivity index (χ4v) is 7.48. The van der Waals surface area contributed by atoms with Gasteiger partial charge in [0.2, 0.25) is 0 Å². The lowest BCUT2D eigenvalue weighted by molar-refractivity contribution is -0.167. The Morgan fingerprint density at radius 2 is 0.580 bits per heavy atom. The van der Waals surface area contributed by atoms with Gasteiger partial charge in [-0.3, -0.25) is 14.4 Å². The van der Waals surface area contributed by atoms with Crippen molar-refractivity contribution in [1.29, 1.82) is 0 Å². The molecule has 0 fully saturated rings. The molecule has 0 spiro atoms. The second kappa shape index (κ2) is 56.7. The van der Waals surface area contributed by atoms with Gasteiger partial charge in [0.1, 0.15) is 13.2 Å². The quantitative estimate of drug-likeness (QED) is 0.0262. The van der Waals surface area contributed by atoms with Crippen LogP contribution in [0.4, 0.5) is 0 Å². The molecule has 0 aliphatic rings. The molecular formula is C63H104O6. The van der Waals surface area contributed by atoms with Crippen molar-refractivity contribution in [3.05, 3.63) is 109 Å². The molecule has 0 aromatic rings. The van der Waals surface area contributed by atoms with E-state index in [1.165, 1.54) is 103 Å². The van der Waals surface area contributed by atoms with Gasteiger partial charge in [-0.05, 0) is 122 Å². The molecule has 0 amide bonds. The number of hydrogen-bond acceptors (Lipinski definition) is 6. The lowest BCUT2D eigenvalue weighted by Crippen LogP contribution is -2.30. The molecule has 0 bridgehead atoms. The Bertz CT molecular complexity index is 1420. The highest BCUT2D eigenvalue weighted by molar-refractivity contribution is 5.71. The third-order valence-corrected chi connectivity index (χ3v) is 11.7. The highest BCUT2D eigenvalue weighted by Gasteiger charge is 2.19. The molecule has 6 heteroatoms. The number of rotatable bonds is 50. The maximum atomic E-state index is 12.9. The monoisotopic (exact) mass is 957 g/mol. The van der Waals surface area contributed by atoms with Crippen LogP contribution in [0.3, 0.4) is 0 Å². The summed E-state index contributed by atoms with van der Waals surface area (Å²) in [6.07, 6.45) is 76.4. The third kappa shape index (κ3) is 54.9. The average Bonchev–Trinajstić information content (AvgIpc) is 3.35. The van der Waals surface area contributed by atoms with Gasteiger partial charge in [-0.1, -0.05) is 220 Å². The molecule has 0 aliphatic carbocycles. The summed E-state index contributed by atoms with van der Waals surface area (Å²) in [7, 11) is 0. The second-order valence-corrected chi connectivity index (χ2v) is 18.5. The van der Waals surface area contributed by atoms with Gasteiger partial charge in [-0.2, -0.15) is 0 Å². The second-order valence-electron chi connectivity index (χ2n) is 18.5. The van der Waals surface area contributed by atoms with E-state index in [2.05, 4.69) is 130 Å². The van der Waals surface area contributed by atoms with Crippen LogP contribution < -0.4 is 0 Å². The number of allylic oxidation sites excluding steroid dienone is 18. The van der Waals surface area contributed by atoms with E-state index in [9.17, 15) is 14.4 Å². The van der Waals surface area contributed by atoms with Gasteiger partial charge < -0.3 is 14.2 Å². The molecule has 0 N–H and O–H groups in total. The van der Waals surface area contributed by atoms with Crippen LogP contribution in [0.1, 0.15) is 252 Å². The number of hydrogen-bond donors (Lipinski definition) is 0. The minimum Gasteiger partial charge on any atom is -0.462 e. The van der Waals surface area contributed by atoms with E-state index in [0.717, 1.165) is 103 Å². The van der Waals surface area contributed by atoms with Crippen molar-refractivity contribution < 1.29 is 28.6 Å². The van der Waals surface area contributed by atoms with E-state index in [1.807, 2.05) is 0 Å². The largest absolute Gasteiger partial charge is 0.462 e. The van der Waals surface area contributed by atoms with Crippen LogP contribution in [0.15, 0.2) is 109 Å². The van der Waals surface area contributed by atoms with Gasteiger partial charge in [0.05, 0.1) is 0 Å². The standard InChI is InChI=1S/C63H104O6/c1-4-7-10-13-16-19-22-25-28-31-34-37-40-43-46-49-52-55-61(64)67-58-60(69-63(66)57-54-51-48-45-42-39-36-33-30-27-24-21-18-15-12-9-6-3)59-68-62(65)56-53-50-47-44-41-38-35-32-29-26-23-20-17-14-11-8-5-2/h7,10,16-21,25-30,34,37,43,46,60H,4-6,8-9,11-15,22-24,31-33,35-36,38-42,44-45,47-59H2,1-3H3/b10-7+,19-16+,20-17+,21-18+,28-25+,29-26+,30-27+,37-34+,46-43+/t60-/m0/s1. The number of carbonyl (C=O) groups is 3.